The van der Waals surface area contributed by atoms with Crippen LogP contribution in [-0.4, -0.2) is 18.5 Å². The molecule has 0 aliphatic carbocycles. The number of anilines is 1. The van der Waals surface area contributed by atoms with Gasteiger partial charge in [0.25, 0.3) is 0 Å². The largest absolute Gasteiger partial charge is 0.317 e. The van der Waals surface area contributed by atoms with E-state index in [1.54, 1.807) is 19.2 Å². The summed E-state index contributed by atoms with van der Waals surface area (Å²) in [6, 6.07) is 5.79. The van der Waals surface area contributed by atoms with Crippen LogP contribution in [0.3, 0.4) is 0 Å². The number of benzene rings is 1. The molecule has 2 N–H and O–H groups in total. The van der Waals surface area contributed by atoms with Gasteiger partial charge in [-0.3, -0.25) is 4.79 Å². The maximum absolute atomic E-state index is 12.8. The molecule has 0 aromatic heterocycles. The minimum atomic E-state index is -0.844. The first-order valence-electron chi connectivity index (χ1n) is 5.77. The Balaban J connectivity index is 2.93. The fraction of sp³-hybridized carbons (Fsp3) is 0.462. The van der Waals surface area contributed by atoms with E-state index in [-0.39, 0.29) is 11.7 Å². The van der Waals surface area contributed by atoms with Crippen LogP contribution in [0.2, 0.25) is 0 Å². The van der Waals surface area contributed by atoms with Crippen molar-refractivity contribution in [2.45, 2.75) is 32.2 Å². The third-order valence-corrected chi connectivity index (χ3v) is 3.21. The molecular formula is C13H19FN2O. The molecule has 1 aromatic rings. The van der Waals surface area contributed by atoms with Crippen LogP contribution in [0, 0.1) is 5.82 Å². The summed E-state index contributed by atoms with van der Waals surface area (Å²) in [5.41, 5.74) is 5.85. The Morgan fingerprint density at radius 2 is 1.76 bits per heavy atom. The predicted octanol–water partition coefficient (Wildman–Crippen LogP) is 2.31. The van der Waals surface area contributed by atoms with Crippen molar-refractivity contribution in [3.8, 4) is 0 Å². The zero-order valence-corrected chi connectivity index (χ0v) is 10.5. The van der Waals surface area contributed by atoms with E-state index in [9.17, 15) is 9.18 Å². The highest BCUT2D eigenvalue weighted by atomic mass is 19.1. The second-order valence-corrected chi connectivity index (χ2v) is 4.20. The first-order valence-corrected chi connectivity index (χ1v) is 5.77. The van der Waals surface area contributed by atoms with Gasteiger partial charge in [0.05, 0.1) is 5.54 Å². The molecule has 0 aliphatic heterocycles. The van der Waals surface area contributed by atoms with Gasteiger partial charge in [0.1, 0.15) is 5.82 Å². The molecule has 17 heavy (non-hydrogen) atoms. The molecule has 0 heterocycles. The maximum Gasteiger partial charge on any atom is 0.246 e. The summed E-state index contributed by atoms with van der Waals surface area (Å²) in [6.07, 6.45) is 1.15. The van der Waals surface area contributed by atoms with Crippen molar-refractivity contribution >= 4 is 11.6 Å². The van der Waals surface area contributed by atoms with Crippen LogP contribution >= 0.6 is 0 Å². The lowest BCUT2D eigenvalue weighted by Gasteiger charge is -2.30. The fourth-order valence-electron chi connectivity index (χ4n) is 1.67. The maximum atomic E-state index is 12.8. The minimum absolute atomic E-state index is 0.144. The molecule has 1 amide bonds. The number of amides is 1. The molecule has 0 saturated carbocycles. The highest BCUT2D eigenvalue weighted by Crippen LogP contribution is 2.20. The molecule has 0 bridgehead atoms. The van der Waals surface area contributed by atoms with Gasteiger partial charge in [-0.25, -0.2) is 4.39 Å². The van der Waals surface area contributed by atoms with Gasteiger partial charge in [-0.2, -0.15) is 0 Å². The van der Waals surface area contributed by atoms with Crippen LogP contribution < -0.4 is 10.6 Å². The van der Waals surface area contributed by atoms with Crippen molar-refractivity contribution in [2.75, 3.05) is 11.9 Å². The Labute approximate surface area is 101 Å². The molecule has 94 valence electrons. The lowest BCUT2D eigenvalue weighted by molar-refractivity contribution is -0.123. The average molecular weight is 238 g/mol. The standard InChI is InChI=1S/C13H19FN2O/c1-4-13(15,5-2)12(17)16(3)11-8-6-10(14)7-9-11/h6-9H,4-5,15H2,1-3H3. The van der Waals surface area contributed by atoms with E-state index in [4.69, 9.17) is 5.73 Å². The smallest absolute Gasteiger partial charge is 0.246 e. The van der Waals surface area contributed by atoms with Gasteiger partial charge in [-0.15, -0.1) is 0 Å². The zero-order chi connectivity index (χ0) is 13.1. The van der Waals surface area contributed by atoms with Crippen LogP contribution in [0.5, 0.6) is 0 Å². The van der Waals surface area contributed by atoms with Crippen LogP contribution in [-0.2, 0) is 4.79 Å². The van der Waals surface area contributed by atoms with E-state index in [1.165, 1.54) is 17.0 Å². The Morgan fingerprint density at radius 1 is 1.29 bits per heavy atom. The Hall–Kier alpha value is -1.42. The summed E-state index contributed by atoms with van der Waals surface area (Å²) in [5.74, 6) is -0.464. The number of likely N-dealkylation sites (N-methyl/N-ethyl adjacent to an activating group) is 1. The molecule has 1 aromatic carbocycles. The summed E-state index contributed by atoms with van der Waals surface area (Å²) in [5, 5.41) is 0. The second-order valence-electron chi connectivity index (χ2n) is 4.20. The van der Waals surface area contributed by atoms with E-state index in [0.717, 1.165) is 0 Å². The van der Waals surface area contributed by atoms with E-state index >= 15 is 0 Å². The van der Waals surface area contributed by atoms with Crippen molar-refractivity contribution in [1.82, 2.24) is 0 Å². The van der Waals surface area contributed by atoms with E-state index in [0.29, 0.717) is 18.5 Å². The molecular weight excluding hydrogens is 219 g/mol. The topological polar surface area (TPSA) is 46.3 Å². The highest BCUT2D eigenvalue weighted by molar-refractivity contribution is 5.99. The van der Waals surface area contributed by atoms with E-state index in [1.807, 2.05) is 13.8 Å². The molecule has 4 heteroatoms. The number of rotatable bonds is 4. The van der Waals surface area contributed by atoms with Crippen molar-refractivity contribution in [1.29, 1.82) is 0 Å². The molecule has 0 radical (unpaired) electrons. The number of hydrogen-bond acceptors (Lipinski definition) is 2. The van der Waals surface area contributed by atoms with Gasteiger partial charge in [-0.05, 0) is 37.1 Å². The van der Waals surface area contributed by atoms with Crippen LogP contribution in [0.25, 0.3) is 0 Å². The molecule has 3 nitrogen and oxygen atoms in total. The quantitative estimate of drug-likeness (QED) is 0.875. The van der Waals surface area contributed by atoms with Gasteiger partial charge >= 0.3 is 0 Å². The third-order valence-electron chi connectivity index (χ3n) is 3.21. The van der Waals surface area contributed by atoms with E-state index in [2.05, 4.69) is 0 Å². The van der Waals surface area contributed by atoms with Gasteiger partial charge in [0, 0.05) is 12.7 Å². The normalized spacial score (nSPS) is 11.4. The Morgan fingerprint density at radius 3 is 2.18 bits per heavy atom. The Bertz CT molecular complexity index is 385. The van der Waals surface area contributed by atoms with Crippen molar-refractivity contribution in [3.63, 3.8) is 0 Å². The zero-order valence-electron chi connectivity index (χ0n) is 10.5. The highest BCUT2D eigenvalue weighted by Gasteiger charge is 2.33. The lowest BCUT2D eigenvalue weighted by atomic mass is 9.92. The minimum Gasteiger partial charge on any atom is -0.317 e. The number of carbonyl (C=O) groups is 1. The van der Waals surface area contributed by atoms with Crippen LogP contribution in [0.15, 0.2) is 24.3 Å². The van der Waals surface area contributed by atoms with Gasteiger partial charge in [-0.1, -0.05) is 13.8 Å². The van der Waals surface area contributed by atoms with E-state index < -0.39 is 5.54 Å². The monoisotopic (exact) mass is 238 g/mol. The van der Waals surface area contributed by atoms with Gasteiger partial charge in [0.15, 0.2) is 0 Å². The molecule has 0 unspecified atom stereocenters. The molecule has 0 fully saturated rings. The number of halogens is 1. The van der Waals surface area contributed by atoms with Crippen LogP contribution in [0.4, 0.5) is 10.1 Å². The van der Waals surface area contributed by atoms with Crippen molar-refractivity contribution in [3.05, 3.63) is 30.1 Å². The third kappa shape index (κ3) is 2.82. The summed E-state index contributed by atoms with van der Waals surface area (Å²) >= 11 is 0. The summed E-state index contributed by atoms with van der Waals surface area (Å²) in [7, 11) is 1.66. The SMILES string of the molecule is CCC(N)(CC)C(=O)N(C)c1ccc(F)cc1. The summed E-state index contributed by atoms with van der Waals surface area (Å²) in [6.45, 7) is 3.78. The number of hydrogen-bond donors (Lipinski definition) is 1. The predicted molar refractivity (Wildman–Crippen MR) is 67.3 cm³/mol. The molecule has 0 saturated heterocycles. The summed E-state index contributed by atoms with van der Waals surface area (Å²) in [4.78, 5) is 13.7. The molecule has 0 spiro atoms. The van der Waals surface area contributed by atoms with Crippen molar-refractivity contribution < 1.29 is 9.18 Å². The molecule has 1 rings (SSSR count). The average Bonchev–Trinajstić information content (AvgIpc) is 2.37. The number of carbonyl (C=O) groups excluding carboxylic acids is 1. The van der Waals surface area contributed by atoms with Gasteiger partial charge < -0.3 is 10.6 Å². The Kier molecular flexibility index (Phi) is 4.23. The summed E-state index contributed by atoms with van der Waals surface area (Å²) < 4.78 is 12.8. The number of nitrogens with two attached hydrogens (primary N) is 1. The molecule has 0 atom stereocenters. The fourth-order valence-corrected chi connectivity index (χ4v) is 1.67. The van der Waals surface area contributed by atoms with Crippen molar-refractivity contribution in [2.24, 2.45) is 5.73 Å². The number of nitrogens with zero attached hydrogens (tertiary/aromatic N) is 1. The first-order chi connectivity index (χ1) is 7.94. The first kappa shape index (κ1) is 13.6. The lowest BCUT2D eigenvalue weighted by Crippen LogP contribution is -2.53. The second kappa shape index (κ2) is 5.27. The van der Waals surface area contributed by atoms with Crippen LogP contribution in [0.1, 0.15) is 26.7 Å². The molecule has 0 aliphatic rings. The van der Waals surface area contributed by atoms with Gasteiger partial charge in [0.2, 0.25) is 5.91 Å².